The van der Waals surface area contributed by atoms with Crippen LogP contribution in [-0.4, -0.2) is 10.9 Å². The first-order chi connectivity index (χ1) is 8.70. The Bertz CT molecular complexity index is 615. The number of ether oxygens (including phenoxy) is 1. The SMILES string of the molecule is N#Cc1ncccc1Oc1ccc(C(N)=O)cc1. The molecule has 1 heterocycles. The summed E-state index contributed by atoms with van der Waals surface area (Å²) < 4.78 is 5.50. The number of benzene rings is 1. The Morgan fingerprint density at radius 1 is 1.28 bits per heavy atom. The van der Waals surface area contributed by atoms with Crippen LogP contribution in [0.3, 0.4) is 0 Å². The maximum atomic E-state index is 10.9. The van der Waals surface area contributed by atoms with E-state index in [1.807, 2.05) is 6.07 Å². The van der Waals surface area contributed by atoms with Crippen LogP contribution in [0.2, 0.25) is 0 Å². The molecule has 0 saturated heterocycles. The molecule has 2 aromatic rings. The largest absolute Gasteiger partial charge is 0.454 e. The van der Waals surface area contributed by atoms with Crippen LogP contribution in [0.25, 0.3) is 0 Å². The van der Waals surface area contributed by atoms with Crippen molar-refractivity contribution in [2.75, 3.05) is 0 Å². The van der Waals surface area contributed by atoms with E-state index in [2.05, 4.69) is 4.98 Å². The van der Waals surface area contributed by atoms with Gasteiger partial charge in [-0.2, -0.15) is 5.26 Å². The van der Waals surface area contributed by atoms with Gasteiger partial charge < -0.3 is 10.5 Å². The molecule has 1 aromatic heterocycles. The third kappa shape index (κ3) is 2.44. The molecule has 0 saturated carbocycles. The lowest BCUT2D eigenvalue weighted by Gasteiger charge is -2.06. The lowest BCUT2D eigenvalue weighted by molar-refractivity contribution is 0.100. The molecular weight excluding hydrogens is 230 g/mol. The van der Waals surface area contributed by atoms with Gasteiger partial charge in [0.15, 0.2) is 11.4 Å². The summed E-state index contributed by atoms with van der Waals surface area (Å²) in [6.45, 7) is 0. The zero-order chi connectivity index (χ0) is 13.0. The quantitative estimate of drug-likeness (QED) is 0.884. The molecule has 18 heavy (non-hydrogen) atoms. The molecule has 0 unspecified atom stereocenters. The second-order valence-electron chi connectivity index (χ2n) is 3.45. The molecule has 88 valence electrons. The molecule has 5 heteroatoms. The first-order valence-electron chi connectivity index (χ1n) is 5.13. The number of hydrogen-bond acceptors (Lipinski definition) is 4. The van der Waals surface area contributed by atoms with Crippen LogP contribution in [0.15, 0.2) is 42.6 Å². The number of carbonyl (C=O) groups excluding carboxylic acids is 1. The van der Waals surface area contributed by atoms with E-state index in [0.717, 1.165) is 0 Å². The summed E-state index contributed by atoms with van der Waals surface area (Å²) in [7, 11) is 0. The first-order valence-corrected chi connectivity index (χ1v) is 5.13. The van der Waals surface area contributed by atoms with Crippen molar-refractivity contribution >= 4 is 5.91 Å². The summed E-state index contributed by atoms with van der Waals surface area (Å²) in [4.78, 5) is 14.8. The molecule has 0 aliphatic carbocycles. The number of amides is 1. The third-order valence-electron chi connectivity index (χ3n) is 2.24. The van der Waals surface area contributed by atoms with Gasteiger partial charge in [0, 0.05) is 11.8 Å². The van der Waals surface area contributed by atoms with Crippen molar-refractivity contribution in [1.29, 1.82) is 5.26 Å². The van der Waals surface area contributed by atoms with Crippen LogP contribution >= 0.6 is 0 Å². The fraction of sp³-hybridized carbons (Fsp3) is 0. The third-order valence-corrected chi connectivity index (χ3v) is 2.24. The molecule has 1 aromatic carbocycles. The number of nitrogens with two attached hydrogens (primary N) is 1. The number of rotatable bonds is 3. The Morgan fingerprint density at radius 3 is 2.61 bits per heavy atom. The van der Waals surface area contributed by atoms with E-state index >= 15 is 0 Å². The van der Waals surface area contributed by atoms with E-state index in [1.54, 1.807) is 36.4 Å². The summed E-state index contributed by atoms with van der Waals surface area (Å²) in [6.07, 6.45) is 1.52. The van der Waals surface area contributed by atoms with Gasteiger partial charge in [-0.1, -0.05) is 0 Å². The first kappa shape index (κ1) is 11.6. The minimum Gasteiger partial charge on any atom is -0.454 e. The van der Waals surface area contributed by atoms with Crippen molar-refractivity contribution in [3.63, 3.8) is 0 Å². The Balaban J connectivity index is 2.24. The van der Waals surface area contributed by atoms with Crippen LogP contribution in [0.1, 0.15) is 16.1 Å². The van der Waals surface area contributed by atoms with Crippen LogP contribution in [-0.2, 0) is 0 Å². The Kier molecular flexibility index (Phi) is 3.21. The van der Waals surface area contributed by atoms with Crippen LogP contribution in [0.5, 0.6) is 11.5 Å². The molecule has 0 atom stereocenters. The van der Waals surface area contributed by atoms with Crippen molar-refractivity contribution in [2.45, 2.75) is 0 Å². The molecule has 0 radical (unpaired) electrons. The highest BCUT2D eigenvalue weighted by Crippen LogP contribution is 2.23. The maximum Gasteiger partial charge on any atom is 0.248 e. The van der Waals surface area contributed by atoms with Gasteiger partial charge in [-0.3, -0.25) is 4.79 Å². The maximum absolute atomic E-state index is 10.9. The Hall–Kier alpha value is -2.87. The van der Waals surface area contributed by atoms with Gasteiger partial charge >= 0.3 is 0 Å². The second-order valence-corrected chi connectivity index (χ2v) is 3.45. The van der Waals surface area contributed by atoms with Gasteiger partial charge in [-0.05, 0) is 36.4 Å². The molecule has 2 N–H and O–H groups in total. The minimum absolute atomic E-state index is 0.205. The molecule has 5 nitrogen and oxygen atoms in total. The molecule has 2 rings (SSSR count). The predicted molar refractivity (Wildman–Crippen MR) is 64.0 cm³/mol. The fourth-order valence-corrected chi connectivity index (χ4v) is 1.37. The molecule has 0 aliphatic rings. The molecule has 0 bridgehead atoms. The average molecular weight is 239 g/mol. The van der Waals surface area contributed by atoms with E-state index in [1.165, 1.54) is 6.20 Å². The van der Waals surface area contributed by atoms with Gasteiger partial charge in [0.2, 0.25) is 5.91 Å². The van der Waals surface area contributed by atoms with E-state index in [0.29, 0.717) is 17.1 Å². The number of aromatic nitrogens is 1. The summed E-state index contributed by atoms with van der Waals surface area (Å²) in [6, 6.07) is 11.6. The highest BCUT2D eigenvalue weighted by Gasteiger charge is 2.05. The number of carbonyl (C=O) groups is 1. The molecule has 0 spiro atoms. The number of hydrogen-bond donors (Lipinski definition) is 1. The number of primary amides is 1. The van der Waals surface area contributed by atoms with Gasteiger partial charge in [0.1, 0.15) is 11.8 Å². The monoisotopic (exact) mass is 239 g/mol. The fourth-order valence-electron chi connectivity index (χ4n) is 1.37. The van der Waals surface area contributed by atoms with E-state index in [-0.39, 0.29) is 5.69 Å². The molecule has 0 fully saturated rings. The van der Waals surface area contributed by atoms with Crippen LogP contribution < -0.4 is 10.5 Å². The van der Waals surface area contributed by atoms with Crippen molar-refractivity contribution in [1.82, 2.24) is 4.98 Å². The van der Waals surface area contributed by atoms with Gasteiger partial charge in [-0.15, -0.1) is 0 Å². The Labute approximate surface area is 103 Å². The summed E-state index contributed by atoms with van der Waals surface area (Å²) in [5, 5.41) is 8.86. The zero-order valence-electron chi connectivity index (χ0n) is 9.33. The predicted octanol–water partition coefficient (Wildman–Crippen LogP) is 1.84. The normalized spacial score (nSPS) is 9.50. The van der Waals surface area contributed by atoms with Crippen molar-refractivity contribution in [3.8, 4) is 17.6 Å². The van der Waals surface area contributed by atoms with E-state index < -0.39 is 5.91 Å². The summed E-state index contributed by atoms with van der Waals surface area (Å²) in [5.41, 5.74) is 5.73. The highest BCUT2D eigenvalue weighted by molar-refractivity contribution is 5.92. The number of nitriles is 1. The van der Waals surface area contributed by atoms with Gasteiger partial charge in [-0.25, -0.2) is 4.98 Å². The molecule has 1 amide bonds. The Morgan fingerprint density at radius 2 is 2.00 bits per heavy atom. The van der Waals surface area contributed by atoms with Crippen molar-refractivity contribution < 1.29 is 9.53 Å². The van der Waals surface area contributed by atoms with Crippen LogP contribution in [0, 0.1) is 11.3 Å². The van der Waals surface area contributed by atoms with Crippen LogP contribution in [0.4, 0.5) is 0 Å². The summed E-state index contributed by atoms with van der Waals surface area (Å²) >= 11 is 0. The summed E-state index contributed by atoms with van der Waals surface area (Å²) in [5.74, 6) is 0.372. The average Bonchev–Trinajstić information content (AvgIpc) is 2.40. The number of nitrogens with zero attached hydrogens (tertiary/aromatic N) is 2. The zero-order valence-corrected chi connectivity index (χ0v) is 9.33. The van der Waals surface area contributed by atoms with E-state index in [9.17, 15) is 4.79 Å². The topological polar surface area (TPSA) is 89.0 Å². The second kappa shape index (κ2) is 4.97. The smallest absolute Gasteiger partial charge is 0.248 e. The standard InChI is InChI=1S/C13H9N3O2/c14-8-11-12(2-1-7-16-11)18-10-5-3-9(4-6-10)13(15)17/h1-7H,(H2,15,17). The minimum atomic E-state index is -0.499. The molecule has 0 aliphatic heterocycles. The van der Waals surface area contributed by atoms with Gasteiger partial charge in [0.05, 0.1) is 0 Å². The van der Waals surface area contributed by atoms with E-state index in [4.69, 9.17) is 15.7 Å². The van der Waals surface area contributed by atoms with Gasteiger partial charge in [0.25, 0.3) is 0 Å². The molecular formula is C13H9N3O2. The number of pyridine rings is 1. The van der Waals surface area contributed by atoms with Crippen molar-refractivity contribution in [2.24, 2.45) is 5.73 Å². The lowest BCUT2D eigenvalue weighted by atomic mass is 10.2. The van der Waals surface area contributed by atoms with Crippen molar-refractivity contribution in [3.05, 3.63) is 53.9 Å². The lowest BCUT2D eigenvalue weighted by Crippen LogP contribution is -2.10. The highest BCUT2D eigenvalue weighted by atomic mass is 16.5.